The lowest BCUT2D eigenvalue weighted by molar-refractivity contribution is 0.887. The molecule has 0 radical (unpaired) electrons. The van der Waals surface area contributed by atoms with Crippen LogP contribution < -0.4 is 5.56 Å². The van der Waals surface area contributed by atoms with Gasteiger partial charge in [0.05, 0.1) is 5.69 Å². The molecule has 5 nitrogen and oxygen atoms in total. The Morgan fingerprint density at radius 2 is 2.31 bits per heavy atom. The molecule has 82 valence electrons. The number of H-pyrrole nitrogens is 1. The molecule has 2 aromatic heterocycles. The molecule has 0 bridgehead atoms. The first-order chi connectivity index (χ1) is 7.75. The largest absolute Gasteiger partial charge is 0.331 e. The van der Waals surface area contributed by atoms with Gasteiger partial charge in [-0.3, -0.25) is 4.79 Å². The maximum atomic E-state index is 11.8. The molecule has 0 atom stereocenters. The standard InChI is InChI=1S/C11H12N4O/c1-15-6-5-12-10(15)9-13-8-4-2-3-7(8)11(16)14-9/h5-6H,2-4H2,1H3,(H,13,14,16). The summed E-state index contributed by atoms with van der Waals surface area (Å²) < 4.78 is 1.85. The predicted molar refractivity (Wildman–Crippen MR) is 59.1 cm³/mol. The normalized spacial score (nSPS) is 14.1. The molecule has 3 rings (SSSR count). The van der Waals surface area contributed by atoms with Crippen LogP contribution in [0.4, 0.5) is 0 Å². The SMILES string of the molecule is Cn1ccnc1-c1nc2c(c(=O)[nH]1)CCC2. The third kappa shape index (κ3) is 1.28. The van der Waals surface area contributed by atoms with Gasteiger partial charge in [0, 0.05) is 25.0 Å². The number of aromatic nitrogens is 4. The zero-order chi connectivity index (χ0) is 11.1. The topological polar surface area (TPSA) is 63.6 Å². The number of rotatable bonds is 1. The average Bonchev–Trinajstić information content (AvgIpc) is 2.85. The van der Waals surface area contributed by atoms with Gasteiger partial charge in [0.1, 0.15) is 0 Å². The van der Waals surface area contributed by atoms with E-state index in [9.17, 15) is 4.79 Å². The molecule has 0 spiro atoms. The van der Waals surface area contributed by atoms with Gasteiger partial charge >= 0.3 is 0 Å². The van der Waals surface area contributed by atoms with E-state index in [0.717, 1.165) is 30.5 Å². The Morgan fingerprint density at radius 1 is 1.44 bits per heavy atom. The second-order valence-corrected chi connectivity index (χ2v) is 4.06. The van der Waals surface area contributed by atoms with E-state index >= 15 is 0 Å². The molecule has 1 aliphatic carbocycles. The van der Waals surface area contributed by atoms with Crippen molar-refractivity contribution >= 4 is 0 Å². The lowest BCUT2D eigenvalue weighted by Crippen LogP contribution is -2.16. The summed E-state index contributed by atoms with van der Waals surface area (Å²) in [5.74, 6) is 1.27. The van der Waals surface area contributed by atoms with Gasteiger partial charge in [-0.1, -0.05) is 0 Å². The Labute approximate surface area is 92.2 Å². The summed E-state index contributed by atoms with van der Waals surface area (Å²) in [4.78, 5) is 23.3. The highest BCUT2D eigenvalue weighted by Crippen LogP contribution is 2.18. The van der Waals surface area contributed by atoms with E-state index in [1.807, 2.05) is 17.8 Å². The van der Waals surface area contributed by atoms with Crippen LogP contribution in [0.15, 0.2) is 17.2 Å². The smallest absolute Gasteiger partial charge is 0.254 e. The van der Waals surface area contributed by atoms with Gasteiger partial charge in [0.15, 0.2) is 11.6 Å². The highest BCUT2D eigenvalue weighted by Gasteiger charge is 2.18. The third-order valence-corrected chi connectivity index (χ3v) is 2.97. The van der Waals surface area contributed by atoms with Crippen LogP contribution >= 0.6 is 0 Å². The van der Waals surface area contributed by atoms with Crippen molar-refractivity contribution in [3.05, 3.63) is 34.0 Å². The van der Waals surface area contributed by atoms with E-state index in [-0.39, 0.29) is 5.56 Å². The Morgan fingerprint density at radius 3 is 3.06 bits per heavy atom. The first kappa shape index (κ1) is 9.33. The number of hydrogen-bond donors (Lipinski definition) is 1. The van der Waals surface area contributed by atoms with Crippen LogP contribution in [0.2, 0.25) is 0 Å². The summed E-state index contributed by atoms with van der Waals surface area (Å²) in [5.41, 5.74) is 1.76. The van der Waals surface area contributed by atoms with Crippen molar-refractivity contribution in [2.45, 2.75) is 19.3 Å². The third-order valence-electron chi connectivity index (χ3n) is 2.97. The minimum absolute atomic E-state index is 0.0134. The highest BCUT2D eigenvalue weighted by atomic mass is 16.1. The van der Waals surface area contributed by atoms with Crippen molar-refractivity contribution in [3.63, 3.8) is 0 Å². The average molecular weight is 216 g/mol. The fraction of sp³-hybridized carbons (Fsp3) is 0.364. The van der Waals surface area contributed by atoms with Gasteiger partial charge in [0.2, 0.25) is 0 Å². The molecular weight excluding hydrogens is 204 g/mol. The van der Waals surface area contributed by atoms with E-state index < -0.39 is 0 Å². The van der Waals surface area contributed by atoms with Crippen LogP contribution in [0.1, 0.15) is 17.7 Å². The molecule has 0 unspecified atom stereocenters. The first-order valence-corrected chi connectivity index (χ1v) is 5.35. The summed E-state index contributed by atoms with van der Waals surface area (Å²) in [6.45, 7) is 0. The monoisotopic (exact) mass is 216 g/mol. The maximum Gasteiger partial charge on any atom is 0.254 e. The Hall–Kier alpha value is -1.91. The minimum Gasteiger partial charge on any atom is -0.331 e. The molecule has 0 amide bonds. The lowest BCUT2D eigenvalue weighted by atomic mass is 10.2. The Balaban J connectivity index is 2.21. The quantitative estimate of drug-likeness (QED) is 0.761. The van der Waals surface area contributed by atoms with Crippen molar-refractivity contribution in [2.75, 3.05) is 0 Å². The van der Waals surface area contributed by atoms with Gasteiger partial charge in [0.25, 0.3) is 5.56 Å². The van der Waals surface area contributed by atoms with Crippen LogP contribution in [0.5, 0.6) is 0 Å². The first-order valence-electron chi connectivity index (χ1n) is 5.35. The summed E-state index contributed by atoms with van der Waals surface area (Å²) in [6.07, 6.45) is 6.30. The fourth-order valence-corrected chi connectivity index (χ4v) is 2.14. The highest BCUT2D eigenvalue weighted by molar-refractivity contribution is 5.45. The molecule has 16 heavy (non-hydrogen) atoms. The number of nitrogens with one attached hydrogen (secondary N) is 1. The fourth-order valence-electron chi connectivity index (χ4n) is 2.14. The molecule has 0 aliphatic heterocycles. The summed E-state index contributed by atoms with van der Waals surface area (Å²) in [5, 5.41) is 0. The van der Waals surface area contributed by atoms with Crippen LogP contribution in [0.3, 0.4) is 0 Å². The zero-order valence-corrected chi connectivity index (χ0v) is 9.03. The zero-order valence-electron chi connectivity index (χ0n) is 9.03. The van der Waals surface area contributed by atoms with Crippen LogP contribution in [-0.2, 0) is 19.9 Å². The van der Waals surface area contributed by atoms with Crippen molar-refractivity contribution in [2.24, 2.45) is 7.05 Å². The Kier molecular flexibility index (Phi) is 1.92. The van der Waals surface area contributed by atoms with E-state index in [2.05, 4.69) is 15.0 Å². The summed E-state index contributed by atoms with van der Waals surface area (Å²) >= 11 is 0. The van der Waals surface area contributed by atoms with Gasteiger partial charge in [-0.15, -0.1) is 0 Å². The van der Waals surface area contributed by atoms with Crippen LogP contribution in [0.25, 0.3) is 11.6 Å². The van der Waals surface area contributed by atoms with Gasteiger partial charge in [-0.25, -0.2) is 9.97 Å². The number of aryl methyl sites for hydroxylation is 2. The molecule has 1 N–H and O–H groups in total. The molecule has 2 aromatic rings. The van der Waals surface area contributed by atoms with Crippen molar-refractivity contribution in [1.29, 1.82) is 0 Å². The van der Waals surface area contributed by atoms with E-state index in [1.54, 1.807) is 6.20 Å². The summed E-state index contributed by atoms with van der Waals surface area (Å²) in [6, 6.07) is 0. The van der Waals surface area contributed by atoms with Gasteiger partial charge in [-0.05, 0) is 19.3 Å². The molecule has 1 aliphatic rings. The second kappa shape index (κ2) is 3.30. The number of fused-ring (bicyclic) bond motifs is 1. The number of hydrogen-bond acceptors (Lipinski definition) is 3. The van der Waals surface area contributed by atoms with Crippen molar-refractivity contribution in [3.8, 4) is 11.6 Å². The molecule has 2 heterocycles. The van der Waals surface area contributed by atoms with E-state index in [4.69, 9.17) is 0 Å². The van der Waals surface area contributed by atoms with Gasteiger partial charge < -0.3 is 9.55 Å². The predicted octanol–water partition coefficient (Wildman–Crippen LogP) is 0.659. The number of aromatic amines is 1. The maximum absolute atomic E-state index is 11.8. The molecule has 5 heteroatoms. The molecular formula is C11H12N4O. The summed E-state index contributed by atoms with van der Waals surface area (Å²) in [7, 11) is 1.88. The molecule has 0 aromatic carbocycles. The minimum atomic E-state index is -0.0134. The second-order valence-electron chi connectivity index (χ2n) is 4.06. The van der Waals surface area contributed by atoms with Crippen LogP contribution in [-0.4, -0.2) is 19.5 Å². The van der Waals surface area contributed by atoms with Crippen molar-refractivity contribution in [1.82, 2.24) is 19.5 Å². The van der Waals surface area contributed by atoms with Crippen molar-refractivity contribution < 1.29 is 0 Å². The van der Waals surface area contributed by atoms with E-state index in [0.29, 0.717) is 11.6 Å². The lowest BCUT2D eigenvalue weighted by Gasteiger charge is -2.03. The number of nitrogens with zero attached hydrogens (tertiary/aromatic N) is 3. The molecule has 0 saturated carbocycles. The molecule has 0 fully saturated rings. The van der Waals surface area contributed by atoms with E-state index in [1.165, 1.54) is 0 Å². The van der Waals surface area contributed by atoms with Crippen LogP contribution in [0, 0.1) is 0 Å². The number of imidazole rings is 1. The van der Waals surface area contributed by atoms with Gasteiger partial charge in [-0.2, -0.15) is 0 Å². The molecule has 0 saturated heterocycles. The Bertz CT molecular complexity index is 596.